The number of halogens is 1. The number of ether oxygens (including phenoxy) is 1. The maximum absolute atomic E-state index is 14.0. The zero-order chi connectivity index (χ0) is 18.7. The summed E-state index contributed by atoms with van der Waals surface area (Å²) in [5.74, 6) is -0.551. The molecule has 0 aliphatic carbocycles. The van der Waals surface area contributed by atoms with Crippen LogP contribution >= 0.6 is 0 Å². The van der Waals surface area contributed by atoms with Crippen LogP contribution in [0, 0.1) is 11.2 Å². The van der Waals surface area contributed by atoms with Gasteiger partial charge < -0.3 is 15.0 Å². The molecule has 2 aliphatic heterocycles. The van der Waals surface area contributed by atoms with Crippen molar-refractivity contribution in [2.24, 2.45) is 5.41 Å². The van der Waals surface area contributed by atoms with Crippen LogP contribution in [0.5, 0.6) is 0 Å². The van der Waals surface area contributed by atoms with Gasteiger partial charge in [0.1, 0.15) is 5.82 Å². The van der Waals surface area contributed by atoms with E-state index in [-0.39, 0.29) is 29.5 Å². The lowest BCUT2D eigenvalue weighted by molar-refractivity contribution is -0.146. The zero-order valence-corrected chi connectivity index (χ0v) is 15.3. The Hall–Kier alpha value is -1.99. The van der Waals surface area contributed by atoms with Crippen LogP contribution in [0.15, 0.2) is 24.3 Å². The number of nitrogens with zero attached hydrogens (tertiary/aromatic N) is 2. The van der Waals surface area contributed by atoms with Gasteiger partial charge in [0, 0.05) is 44.2 Å². The highest BCUT2D eigenvalue weighted by molar-refractivity contribution is 5.88. The molecule has 0 spiro atoms. The second-order valence-corrected chi connectivity index (χ2v) is 7.63. The highest BCUT2D eigenvalue weighted by Gasteiger charge is 2.37. The van der Waals surface area contributed by atoms with E-state index >= 15 is 0 Å². The summed E-state index contributed by atoms with van der Waals surface area (Å²) in [6.07, 6.45) is 0.0910. The first-order valence-electron chi connectivity index (χ1n) is 8.95. The van der Waals surface area contributed by atoms with Gasteiger partial charge in [0.15, 0.2) is 0 Å². The Balaban J connectivity index is 1.65. The number of carbonyl (C=O) groups is 2. The summed E-state index contributed by atoms with van der Waals surface area (Å²) in [7, 11) is 1.76. The first-order chi connectivity index (χ1) is 12.4. The van der Waals surface area contributed by atoms with Crippen molar-refractivity contribution in [2.45, 2.75) is 25.9 Å². The number of benzene rings is 1. The lowest BCUT2D eigenvalue weighted by atomic mass is 9.88. The first-order valence-corrected chi connectivity index (χ1v) is 8.95. The van der Waals surface area contributed by atoms with Gasteiger partial charge in [-0.05, 0) is 6.07 Å². The Labute approximate surface area is 153 Å². The maximum atomic E-state index is 14.0. The molecule has 0 radical (unpaired) electrons. The number of piperazine rings is 1. The molecule has 0 bridgehead atoms. The SMILES string of the molecule is CN(CC1(C)COC1)C(=O)C[C@H]1C(=O)NCCN1Cc1ccccc1F. The molecule has 1 N–H and O–H groups in total. The Kier molecular flexibility index (Phi) is 5.58. The van der Waals surface area contributed by atoms with Gasteiger partial charge in [0.05, 0.1) is 25.7 Å². The highest BCUT2D eigenvalue weighted by Crippen LogP contribution is 2.27. The number of amides is 2. The molecule has 2 aliphatic rings. The van der Waals surface area contributed by atoms with E-state index in [1.54, 1.807) is 30.1 Å². The Bertz CT molecular complexity index is 678. The van der Waals surface area contributed by atoms with Crippen molar-refractivity contribution in [3.63, 3.8) is 0 Å². The van der Waals surface area contributed by atoms with Gasteiger partial charge >= 0.3 is 0 Å². The van der Waals surface area contributed by atoms with Crippen molar-refractivity contribution in [1.29, 1.82) is 0 Å². The van der Waals surface area contributed by atoms with Gasteiger partial charge in [0.25, 0.3) is 0 Å². The lowest BCUT2D eigenvalue weighted by Crippen LogP contribution is -2.56. The largest absolute Gasteiger partial charge is 0.380 e. The van der Waals surface area contributed by atoms with Crippen LogP contribution in [0.25, 0.3) is 0 Å². The fourth-order valence-electron chi connectivity index (χ4n) is 3.54. The smallest absolute Gasteiger partial charge is 0.237 e. The molecule has 0 aromatic heterocycles. The highest BCUT2D eigenvalue weighted by atomic mass is 19.1. The molecule has 1 aromatic carbocycles. The predicted octanol–water partition coefficient (Wildman–Crippen LogP) is 1.01. The summed E-state index contributed by atoms with van der Waals surface area (Å²) in [6, 6.07) is 5.96. The van der Waals surface area contributed by atoms with E-state index in [0.717, 1.165) is 0 Å². The summed E-state index contributed by atoms with van der Waals surface area (Å²) in [5.41, 5.74) is 0.527. The average molecular weight is 363 g/mol. The summed E-state index contributed by atoms with van der Waals surface area (Å²) < 4.78 is 19.2. The first kappa shape index (κ1) is 18.8. The molecule has 2 saturated heterocycles. The number of hydrogen-bond donors (Lipinski definition) is 1. The zero-order valence-electron chi connectivity index (χ0n) is 15.3. The van der Waals surface area contributed by atoms with E-state index in [1.807, 2.05) is 4.90 Å². The molecule has 2 fully saturated rings. The standard InChI is InChI=1S/C19H26FN3O3/c1-19(12-26-13-19)11-22(2)17(24)9-16-18(25)21-7-8-23(16)10-14-5-3-4-6-15(14)20/h3-6,16H,7-13H2,1-2H3,(H,21,25)/t16-/m0/s1. The van der Waals surface area contributed by atoms with Crippen LogP contribution in [-0.4, -0.2) is 67.6 Å². The Morgan fingerprint density at radius 1 is 1.42 bits per heavy atom. The number of hydrogen-bond acceptors (Lipinski definition) is 4. The molecule has 7 heteroatoms. The minimum Gasteiger partial charge on any atom is -0.380 e. The van der Waals surface area contributed by atoms with Crippen molar-refractivity contribution < 1.29 is 18.7 Å². The molecule has 1 atom stereocenters. The topological polar surface area (TPSA) is 61.9 Å². The van der Waals surface area contributed by atoms with Gasteiger partial charge in [-0.25, -0.2) is 4.39 Å². The second kappa shape index (κ2) is 7.72. The summed E-state index contributed by atoms with van der Waals surface area (Å²) >= 11 is 0. The fourth-order valence-corrected chi connectivity index (χ4v) is 3.54. The molecule has 2 heterocycles. The molecule has 6 nitrogen and oxygen atoms in total. The Morgan fingerprint density at radius 2 is 2.15 bits per heavy atom. The predicted molar refractivity (Wildman–Crippen MR) is 94.8 cm³/mol. The molecule has 26 heavy (non-hydrogen) atoms. The van der Waals surface area contributed by atoms with Crippen molar-refractivity contribution in [3.8, 4) is 0 Å². The quantitative estimate of drug-likeness (QED) is 0.820. The van der Waals surface area contributed by atoms with Crippen LogP contribution in [-0.2, 0) is 20.9 Å². The number of carbonyl (C=O) groups excluding carboxylic acids is 2. The van der Waals surface area contributed by atoms with Crippen LogP contribution in [0.2, 0.25) is 0 Å². The fraction of sp³-hybridized carbons (Fsp3) is 0.579. The maximum Gasteiger partial charge on any atom is 0.237 e. The molecule has 2 amide bonds. The minimum atomic E-state index is -0.580. The third-order valence-electron chi connectivity index (χ3n) is 5.09. The lowest BCUT2D eigenvalue weighted by Gasteiger charge is -2.41. The third-order valence-corrected chi connectivity index (χ3v) is 5.09. The molecule has 142 valence electrons. The molecule has 3 rings (SSSR count). The summed E-state index contributed by atoms with van der Waals surface area (Å²) in [4.78, 5) is 28.6. The van der Waals surface area contributed by atoms with Crippen molar-refractivity contribution in [3.05, 3.63) is 35.6 Å². The summed E-state index contributed by atoms with van der Waals surface area (Å²) in [5, 5.41) is 2.81. The summed E-state index contributed by atoms with van der Waals surface area (Å²) in [6.45, 7) is 5.39. The van der Waals surface area contributed by atoms with Crippen molar-refractivity contribution >= 4 is 11.8 Å². The molecule has 0 unspecified atom stereocenters. The second-order valence-electron chi connectivity index (χ2n) is 7.63. The van der Waals surface area contributed by atoms with E-state index in [2.05, 4.69) is 12.2 Å². The van der Waals surface area contributed by atoms with Crippen LogP contribution in [0.3, 0.4) is 0 Å². The normalized spacial score (nSPS) is 22.4. The van der Waals surface area contributed by atoms with Gasteiger partial charge in [-0.2, -0.15) is 0 Å². The van der Waals surface area contributed by atoms with Crippen molar-refractivity contribution in [2.75, 3.05) is 39.9 Å². The van der Waals surface area contributed by atoms with E-state index in [1.165, 1.54) is 6.07 Å². The number of nitrogens with one attached hydrogen (secondary N) is 1. The Morgan fingerprint density at radius 3 is 2.81 bits per heavy atom. The number of rotatable bonds is 6. The molecular weight excluding hydrogens is 337 g/mol. The van der Waals surface area contributed by atoms with E-state index < -0.39 is 6.04 Å². The van der Waals surface area contributed by atoms with E-state index in [9.17, 15) is 14.0 Å². The van der Waals surface area contributed by atoms with Gasteiger partial charge in [-0.15, -0.1) is 0 Å². The third kappa shape index (κ3) is 4.22. The van der Waals surface area contributed by atoms with Gasteiger partial charge in [-0.1, -0.05) is 25.1 Å². The minimum absolute atomic E-state index is 0.00785. The average Bonchev–Trinajstić information content (AvgIpc) is 2.58. The van der Waals surface area contributed by atoms with Crippen LogP contribution in [0.1, 0.15) is 18.9 Å². The monoisotopic (exact) mass is 363 g/mol. The molecule has 1 aromatic rings. The van der Waals surface area contributed by atoms with Gasteiger partial charge in [0.2, 0.25) is 11.8 Å². The van der Waals surface area contributed by atoms with Gasteiger partial charge in [-0.3, -0.25) is 14.5 Å². The van der Waals surface area contributed by atoms with Crippen LogP contribution < -0.4 is 5.32 Å². The van der Waals surface area contributed by atoms with E-state index in [0.29, 0.717) is 45.0 Å². The van der Waals surface area contributed by atoms with Crippen molar-refractivity contribution in [1.82, 2.24) is 15.1 Å². The van der Waals surface area contributed by atoms with Crippen LogP contribution in [0.4, 0.5) is 4.39 Å². The van der Waals surface area contributed by atoms with E-state index in [4.69, 9.17) is 4.74 Å². The molecular formula is C19H26FN3O3. The molecule has 0 saturated carbocycles.